The first-order valence-electron chi connectivity index (χ1n) is 4.48. The van der Waals surface area contributed by atoms with Gasteiger partial charge in [-0.15, -0.1) is 0 Å². The summed E-state index contributed by atoms with van der Waals surface area (Å²) < 4.78 is 0. The lowest BCUT2D eigenvalue weighted by atomic mass is 10.1. The third kappa shape index (κ3) is 2.53. The van der Waals surface area contributed by atoms with Crippen LogP contribution < -0.4 is 5.32 Å². The lowest BCUT2D eigenvalue weighted by Crippen LogP contribution is -2.24. The van der Waals surface area contributed by atoms with E-state index < -0.39 is 0 Å². The fourth-order valence-electron chi connectivity index (χ4n) is 1.24. The lowest BCUT2D eigenvalue weighted by molar-refractivity contribution is -0.117. The van der Waals surface area contributed by atoms with Gasteiger partial charge in [-0.3, -0.25) is 4.79 Å². The van der Waals surface area contributed by atoms with Gasteiger partial charge in [-0.2, -0.15) is 0 Å². The highest BCUT2D eigenvalue weighted by Crippen LogP contribution is 2.12. The molecule has 66 valence electrons. The maximum Gasteiger partial charge on any atom is 0.247 e. The molecule has 0 heterocycles. The van der Waals surface area contributed by atoms with E-state index in [2.05, 4.69) is 11.4 Å². The fourth-order valence-corrected chi connectivity index (χ4v) is 1.24. The summed E-state index contributed by atoms with van der Waals surface area (Å²) in [6, 6.07) is 0. The van der Waals surface area contributed by atoms with Gasteiger partial charge >= 0.3 is 0 Å². The van der Waals surface area contributed by atoms with Gasteiger partial charge in [-0.25, -0.2) is 0 Å². The van der Waals surface area contributed by atoms with E-state index in [1.54, 1.807) is 0 Å². The second kappa shape index (κ2) is 4.75. The van der Waals surface area contributed by atoms with E-state index in [4.69, 9.17) is 0 Å². The maximum atomic E-state index is 11.3. The molecule has 0 saturated carbocycles. The second-order valence-electron chi connectivity index (χ2n) is 2.87. The molecule has 2 heteroatoms. The molecule has 0 spiro atoms. The maximum absolute atomic E-state index is 11.3. The summed E-state index contributed by atoms with van der Waals surface area (Å²) in [6.45, 7) is 2.64. The summed E-state index contributed by atoms with van der Waals surface area (Å²) in [5.74, 6) is 0.0871. The number of nitrogens with one attached hydrogen (secondary N) is 1. The van der Waals surface area contributed by atoms with Crippen molar-refractivity contribution in [1.82, 2.24) is 5.32 Å². The van der Waals surface area contributed by atoms with Crippen LogP contribution in [0, 0.1) is 0 Å². The molecule has 0 aromatic rings. The molecule has 0 fully saturated rings. The molecule has 0 aromatic heterocycles. The van der Waals surface area contributed by atoms with E-state index >= 15 is 0 Å². The third-order valence-electron chi connectivity index (χ3n) is 1.88. The standard InChI is InChI=1S/C10H15NO/c1-2-11-10(12)9-7-5-3-4-6-8-9/h3,5,7H,2,4,6,8H2,1H3,(H,11,12). The smallest absolute Gasteiger partial charge is 0.247 e. The minimum absolute atomic E-state index is 0.0871. The van der Waals surface area contributed by atoms with Crippen molar-refractivity contribution in [2.45, 2.75) is 26.2 Å². The molecule has 0 aromatic carbocycles. The van der Waals surface area contributed by atoms with Gasteiger partial charge in [0.1, 0.15) is 0 Å². The SMILES string of the molecule is CCNC(=O)C1=CC=CCCC1. The molecule has 2 nitrogen and oxygen atoms in total. The zero-order valence-corrected chi connectivity index (χ0v) is 7.47. The molecular weight excluding hydrogens is 150 g/mol. The van der Waals surface area contributed by atoms with Crippen LogP contribution in [0.15, 0.2) is 23.8 Å². The van der Waals surface area contributed by atoms with Gasteiger partial charge in [0.15, 0.2) is 0 Å². The zero-order chi connectivity index (χ0) is 8.81. The predicted molar refractivity (Wildman–Crippen MR) is 49.8 cm³/mol. The first-order valence-corrected chi connectivity index (χ1v) is 4.48. The van der Waals surface area contributed by atoms with Gasteiger partial charge in [-0.05, 0) is 26.2 Å². The highest BCUT2D eigenvalue weighted by molar-refractivity contribution is 5.93. The Morgan fingerprint density at radius 3 is 3.25 bits per heavy atom. The number of rotatable bonds is 2. The molecule has 1 aliphatic carbocycles. The normalized spacial score (nSPS) is 16.6. The van der Waals surface area contributed by atoms with E-state index in [9.17, 15) is 4.79 Å². The molecule has 1 N–H and O–H groups in total. The number of allylic oxidation sites excluding steroid dienone is 3. The first kappa shape index (κ1) is 9.04. The third-order valence-corrected chi connectivity index (χ3v) is 1.88. The molecule has 0 atom stereocenters. The van der Waals surface area contributed by atoms with Crippen LogP contribution in [0.3, 0.4) is 0 Å². The van der Waals surface area contributed by atoms with Gasteiger partial charge in [0.25, 0.3) is 0 Å². The summed E-state index contributed by atoms with van der Waals surface area (Å²) in [5.41, 5.74) is 0.908. The van der Waals surface area contributed by atoms with Gasteiger partial charge in [-0.1, -0.05) is 18.2 Å². The van der Waals surface area contributed by atoms with E-state index in [1.807, 2.05) is 19.1 Å². The number of carbonyl (C=O) groups is 1. The van der Waals surface area contributed by atoms with Crippen molar-refractivity contribution in [2.24, 2.45) is 0 Å². The Labute approximate surface area is 73.4 Å². The van der Waals surface area contributed by atoms with Crippen molar-refractivity contribution in [3.63, 3.8) is 0 Å². The van der Waals surface area contributed by atoms with Crippen molar-refractivity contribution in [3.05, 3.63) is 23.8 Å². The number of amides is 1. The molecule has 12 heavy (non-hydrogen) atoms. The minimum atomic E-state index is 0.0871. The van der Waals surface area contributed by atoms with Crippen molar-refractivity contribution in [3.8, 4) is 0 Å². The van der Waals surface area contributed by atoms with Gasteiger partial charge in [0.05, 0.1) is 0 Å². The molecule has 1 aliphatic rings. The van der Waals surface area contributed by atoms with E-state index in [0.29, 0.717) is 6.54 Å². The van der Waals surface area contributed by atoms with Crippen LogP contribution in [-0.4, -0.2) is 12.5 Å². The Kier molecular flexibility index (Phi) is 3.58. The summed E-state index contributed by atoms with van der Waals surface area (Å²) in [7, 11) is 0. The van der Waals surface area contributed by atoms with Crippen LogP contribution >= 0.6 is 0 Å². The molecule has 1 rings (SSSR count). The molecule has 0 unspecified atom stereocenters. The summed E-state index contributed by atoms with van der Waals surface area (Å²) in [5, 5.41) is 2.80. The predicted octanol–water partition coefficient (Wildman–Crippen LogP) is 1.79. The van der Waals surface area contributed by atoms with Crippen molar-refractivity contribution >= 4 is 5.91 Å². The molecule has 0 radical (unpaired) electrons. The van der Waals surface area contributed by atoms with E-state index in [1.165, 1.54) is 0 Å². The van der Waals surface area contributed by atoms with Crippen LogP contribution in [0.4, 0.5) is 0 Å². The Balaban J connectivity index is 2.54. The monoisotopic (exact) mass is 165 g/mol. The quantitative estimate of drug-likeness (QED) is 0.664. The average molecular weight is 165 g/mol. The Bertz CT molecular complexity index is 216. The lowest BCUT2D eigenvalue weighted by Gasteiger charge is -2.04. The highest BCUT2D eigenvalue weighted by Gasteiger charge is 2.07. The zero-order valence-electron chi connectivity index (χ0n) is 7.47. The first-order chi connectivity index (χ1) is 5.84. The fraction of sp³-hybridized carbons (Fsp3) is 0.500. The summed E-state index contributed by atoms with van der Waals surface area (Å²) in [6.07, 6.45) is 9.06. The molecule has 0 aliphatic heterocycles. The number of likely N-dealkylation sites (N-methyl/N-ethyl adjacent to an activating group) is 1. The number of hydrogen-bond donors (Lipinski definition) is 1. The Hall–Kier alpha value is -1.05. The molecular formula is C10H15NO. The molecule has 1 amide bonds. The van der Waals surface area contributed by atoms with Crippen LogP contribution in [0.5, 0.6) is 0 Å². The minimum Gasteiger partial charge on any atom is -0.353 e. The van der Waals surface area contributed by atoms with Crippen LogP contribution in [0.25, 0.3) is 0 Å². The van der Waals surface area contributed by atoms with Crippen molar-refractivity contribution in [1.29, 1.82) is 0 Å². The van der Waals surface area contributed by atoms with E-state index in [-0.39, 0.29) is 5.91 Å². The highest BCUT2D eigenvalue weighted by atomic mass is 16.1. The second-order valence-corrected chi connectivity index (χ2v) is 2.87. The summed E-state index contributed by atoms with van der Waals surface area (Å²) in [4.78, 5) is 11.3. The largest absolute Gasteiger partial charge is 0.353 e. The van der Waals surface area contributed by atoms with E-state index in [0.717, 1.165) is 24.8 Å². The van der Waals surface area contributed by atoms with Crippen molar-refractivity contribution in [2.75, 3.05) is 6.54 Å². The average Bonchev–Trinajstić information content (AvgIpc) is 2.32. The molecule has 0 saturated heterocycles. The Morgan fingerprint density at radius 2 is 2.50 bits per heavy atom. The van der Waals surface area contributed by atoms with Crippen LogP contribution in [-0.2, 0) is 4.79 Å². The van der Waals surface area contributed by atoms with Gasteiger partial charge in [0.2, 0.25) is 5.91 Å². The van der Waals surface area contributed by atoms with Gasteiger partial charge in [0, 0.05) is 12.1 Å². The number of hydrogen-bond acceptors (Lipinski definition) is 1. The topological polar surface area (TPSA) is 29.1 Å². The number of carbonyl (C=O) groups excluding carboxylic acids is 1. The Morgan fingerprint density at radius 1 is 1.67 bits per heavy atom. The van der Waals surface area contributed by atoms with Crippen molar-refractivity contribution < 1.29 is 4.79 Å². The van der Waals surface area contributed by atoms with Gasteiger partial charge < -0.3 is 5.32 Å². The molecule has 0 bridgehead atoms. The summed E-state index contributed by atoms with van der Waals surface area (Å²) >= 11 is 0. The van der Waals surface area contributed by atoms with Crippen LogP contribution in [0.2, 0.25) is 0 Å². The van der Waals surface area contributed by atoms with Crippen LogP contribution in [0.1, 0.15) is 26.2 Å².